The van der Waals surface area contributed by atoms with Gasteiger partial charge in [-0.1, -0.05) is 35.0 Å². The van der Waals surface area contributed by atoms with Gasteiger partial charge in [0.15, 0.2) is 0 Å². The molecule has 2 unspecified atom stereocenters. The maximum absolute atomic E-state index is 8.56. The largest absolute Gasteiger partial charge is 0.393 e. The van der Waals surface area contributed by atoms with Crippen molar-refractivity contribution in [1.82, 2.24) is 9.97 Å². The second kappa shape index (κ2) is 9.15. The Balaban J connectivity index is 0.000000265. The second-order valence-corrected chi connectivity index (χ2v) is 6.22. The summed E-state index contributed by atoms with van der Waals surface area (Å²) in [6.07, 6.45) is 3.20. The first-order valence-corrected chi connectivity index (χ1v) is 8.35. The molecule has 0 bridgehead atoms. The van der Waals surface area contributed by atoms with Crippen LogP contribution in [0.4, 0.5) is 0 Å². The van der Waals surface area contributed by atoms with Gasteiger partial charge in [0, 0.05) is 26.3 Å². The molecule has 137 valence electrons. The van der Waals surface area contributed by atoms with Crippen molar-refractivity contribution >= 4 is 32.4 Å². The van der Waals surface area contributed by atoms with Crippen molar-refractivity contribution in [3.63, 3.8) is 0 Å². The van der Waals surface area contributed by atoms with Gasteiger partial charge in [-0.3, -0.25) is 4.98 Å². The van der Waals surface area contributed by atoms with Crippen LogP contribution in [-0.2, 0) is 20.1 Å². The molecule has 1 aromatic heterocycles. The summed E-state index contributed by atoms with van der Waals surface area (Å²) >= 11 is 0. The molecule has 0 spiro atoms. The molecular weight excluding hydrogens is 504 g/mol. The molecule has 3 aromatic carbocycles. The van der Waals surface area contributed by atoms with Crippen LogP contribution in [-0.4, -0.2) is 32.4 Å². The van der Waals surface area contributed by atoms with Gasteiger partial charge in [-0.2, -0.15) is 0 Å². The van der Waals surface area contributed by atoms with E-state index < -0.39 is 0 Å². The van der Waals surface area contributed by atoms with E-state index in [1.165, 1.54) is 16.2 Å². The molecule has 4 nitrogen and oxygen atoms in total. The average molecular weight is 526 g/mol. The van der Waals surface area contributed by atoms with Crippen LogP contribution in [0.2, 0.25) is 0 Å². The Bertz CT molecular complexity index is 776. The quantitative estimate of drug-likeness (QED) is 0.308. The van der Waals surface area contributed by atoms with Crippen molar-refractivity contribution < 1.29 is 30.3 Å². The fourth-order valence-electron chi connectivity index (χ4n) is 3.03. The number of aromatic nitrogens is 2. The van der Waals surface area contributed by atoms with Gasteiger partial charge < -0.3 is 10.2 Å². The summed E-state index contributed by atoms with van der Waals surface area (Å²) in [6, 6.07) is 17.7. The predicted molar refractivity (Wildman–Crippen MR) is 101 cm³/mol. The SMILES string of the molecule is CC(O)CC(C)O.[Ir].[c-]1cccc2c1c1ncncc1c1ccccc21. The van der Waals surface area contributed by atoms with Crippen LogP contribution in [0.15, 0.2) is 55.0 Å². The number of hydrogen-bond acceptors (Lipinski definition) is 4. The fraction of sp³-hybridized carbons (Fsp3) is 0.238. The topological polar surface area (TPSA) is 66.2 Å². The molecule has 2 N–H and O–H groups in total. The molecule has 1 heterocycles. The predicted octanol–water partition coefficient (Wildman–Crippen LogP) is 3.87. The summed E-state index contributed by atoms with van der Waals surface area (Å²) in [5, 5.41) is 22.9. The van der Waals surface area contributed by atoms with Crippen molar-refractivity contribution in [2.75, 3.05) is 0 Å². The number of aliphatic hydroxyl groups is 2. The molecular formula is C21H21IrN2O2-. The van der Waals surface area contributed by atoms with Gasteiger partial charge in [0.1, 0.15) is 6.33 Å². The summed E-state index contributed by atoms with van der Waals surface area (Å²) in [5.74, 6) is 0. The third-order valence-corrected chi connectivity index (χ3v) is 3.99. The number of rotatable bonds is 2. The molecule has 0 saturated carbocycles. The zero-order valence-corrected chi connectivity index (χ0v) is 17.1. The van der Waals surface area contributed by atoms with Crippen molar-refractivity contribution in [2.24, 2.45) is 0 Å². The molecule has 4 rings (SSSR count). The summed E-state index contributed by atoms with van der Waals surface area (Å²) in [6.45, 7) is 3.32. The van der Waals surface area contributed by atoms with Gasteiger partial charge in [0.05, 0.1) is 12.2 Å². The van der Waals surface area contributed by atoms with E-state index in [-0.39, 0.29) is 32.3 Å². The van der Waals surface area contributed by atoms with E-state index in [1.807, 2.05) is 24.4 Å². The van der Waals surface area contributed by atoms with E-state index in [9.17, 15) is 0 Å². The zero-order valence-electron chi connectivity index (χ0n) is 14.7. The molecule has 4 aromatic rings. The van der Waals surface area contributed by atoms with Crippen LogP contribution in [0.5, 0.6) is 0 Å². The standard InChI is InChI=1S/C16H9N2.C5H12O2.Ir/c1-2-7-13-11(5-1)12-6-3-4-8-14(12)16-15(13)9-17-10-18-16;1-4(6)3-5(2)7;/h1-7,9-10H;4-7H,3H2,1-2H3;/q-1;;. The maximum Gasteiger partial charge on any atom is 0.105 e. The molecule has 0 aliphatic heterocycles. The Kier molecular flexibility index (Phi) is 7.18. The van der Waals surface area contributed by atoms with E-state index >= 15 is 0 Å². The van der Waals surface area contributed by atoms with Gasteiger partial charge in [-0.05, 0) is 36.6 Å². The van der Waals surface area contributed by atoms with E-state index in [0.29, 0.717) is 6.42 Å². The van der Waals surface area contributed by atoms with Gasteiger partial charge >= 0.3 is 0 Å². The molecule has 2 atom stereocenters. The van der Waals surface area contributed by atoms with E-state index in [0.717, 1.165) is 16.3 Å². The smallest absolute Gasteiger partial charge is 0.105 e. The summed E-state index contributed by atoms with van der Waals surface area (Å²) in [4.78, 5) is 8.56. The minimum absolute atomic E-state index is 0. The Morgan fingerprint density at radius 2 is 1.54 bits per heavy atom. The first-order valence-electron chi connectivity index (χ1n) is 8.35. The molecule has 0 saturated heterocycles. The molecule has 26 heavy (non-hydrogen) atoms. The third kappa shape index (κ3) is 4.43. The van der Waals surface area contributed by atoms with Crippen LogP contribution in [0, 0.1) is 6.07 Å². The fourth-order valence-corrected chi connectivity index (χ4v) is 3.03. The minimum atomic E-state index is -0.375. The van der Waals surface area contributed by atoms with Gasteiger partial charge in [-0.25, -0.2) is 4.98 Å². The zero-order chi connectivity index (χ0) is 17.8. The van der Waals surface area contributed by atoms with Gasteiger partial charge in [0.2, 0.25) is 0 Å². The van der Waals surface area contributed by atoms with E-state index in [4.69, 9.17) is 10.2 Å². The first-order chi connectivity index (χ1) is 12.1. The summed E-state index contributed by atoms with van der Waals surface area (Å²) < 4.78 is 0. The number of fused-ring (bicyclic) bond motifs is 6. The van der Waals surface area contributed by atoms with Crippen LogP contribution in [0.1, 0.15) is 20.3 Å². The van der Waals surface area contributed by atoms with Gasteiger partial charge in [-0.15, -0.1) is 29.7 Å². The third-order valence-electron chi connectivity index (χ3n) is 3.99. The number of hydrogen-bond donors (Lipinski definition) is 2. The molecule has 5 heteroatoms. The van der Waals surface area contributed by atoms with Crippen LogP contribution in [0.3, 0.4) is 0 Å². The van der Waals surface area contributed by atoms with Gasteiger partial charge in [0.25, 0.3) is 0 Å². The maximum atomic E-state index is 8.56. The Hall–Kier alpha value is -1.91. The first kappa shape index (κ1) is 20.4. The van der Waals surface area contributed by atoms with Crippen molar-refractivity contribution in [3.05, 3.63) is 61.1 Å². The van der Waals surface area contributed by atoms with Crippen molar-refractivity contribution in [1.29, 1.82) is 0 Å². The van der Waals surface area contributed by atoms with Crippen LogP contribution in [0.25, 0.3) is 32.4 Å². The van der Waals surface area contributed by atoms with Crippen LogP contribution < -0.4 is 0 Å². The van der Waals surface area contributed by atoms with E-state index in [2.05, 4.69) is 40.3 Å². The van der Waals surface area contributed by atoms with Crippen molar-refractivity contribution in [3.8, 4) is 0 Å². The molecule has 0 aliphatic carbocycles. The number of aliphatic hydroxyl groups excluding tert-OH is 2. The second-order valence-electron chi connectivity index (χ2n) is 6.22. The summed E-state index contributed by atoms with van der Waals surface area (Å²) in [5.41, 5.74) is 0.972. The molecule has 0 amide bonds. The molecule has 0 aliphatic rings. The monoisotopic (exact) mass is 526 g/mol. The Morgan fingerprint density at radius 3 is 2.15 bits per heavy atom. The minimum Gasteiger partial charge on any atom is -0.393 e. The normalized spacial score (nSPS) is 12.9. The Labute approximate surface area is 166 Å². The van der Waals surface area contributed by atoms with Crippen molar-refractivity contribution in [2.45, 2.75) is 32.5 Å². The number of nitrogens with zero attached hydrogens (tertiary/aromatic N) is 2. The molecule has 1 radical (unpaired) electrons. The number of benzene rings is 3. The van der Waals surface area contributed by atoms with E-state index in [1.54, 1.807) is 20.2 Å². The van der Waals surface area contributed by atoms with Crippen LogP contribution >= 0.6 is 0 Å². The Morgan fingerprint density at radius 1 is 0.923 bits per heavy atom. The molecule has 0 fully saturated rings. The average Bonchev–Trinajstić information content (AvgIpc) is 2.61. The summed E-state index contributed by atoms with van der Waals surface area (Å²) in [7, 11) is 0.